The summed E-state index contributed by atoms with van der Waals surface area (Å²) in [6.07, 6.45) is 0.686. The Morgan fingerprint density at radius 3 is 2.59 bits per heavy atom. The van der Waals surface area contributed by atoms with Gasteiger partial charge in [0.15, 0.2) is 5.82 Å². The smallest absolute Gasteiger partial charge is 0.151 e. The van der Waals surface area contributed by atoms with Crippen molar-refractivity contribution < 1.29 is 9.13 Å². The van der Waals surface area contributed by atoms with Crippen molar-refractivity contribution in [3.63, 3.8) is 0 Å². The van der Waals surface area contributed by atoms with Crippen LogP contribution in [0.3, 0.4) is 0 Å². The van der Waals surface area contributed by atoms with Gasteiger partial charge in [0.1, 0.15) is 0 Å². The molecular weight excluding hydrogens is 217 g/mol. The minimum atomic E-state index is -0.165. The first-order chi connectivity index (χ1) is 8.24. The number of halogens is 1. The fourth-order valence-corrected chi connectivity index (χ4v) is 1.96. The molecule has 0 saturated heterocycles. The topological polar surface area (TPSA) is 25.0 Å². The molecule has 2 nitrogen and oxygen atoms in total. The number of aromatic nitrogens is 1. The Balaban J connectivity index is 2.44. The molecule has 90 valence electrons. The molecule has 0 amide bonds. The molecule has 0 aliphatic carbocycles. The van der Waals surface area contributed by atoms with Crippen molar-refractivity contribution in [1.82, 2.24) is 4.98 Å². The summed E-state index contributed by atoms with van der Waals surface area (Å²) < 4.78 is 19.1. The minimum Gasteiger partial charge on any atom is -0.384 e. The molecule has 1 heterocycles. The molecule has 0 spiro atoms. The summed E-state index contributed by atoms with van der Waals surface area (Å²) in [7, 11) is 1.65. The van der Waals surface area contributed by atoms with E-state index in [0.717, 1.165) is 11.3 Å². The molecule has 17 heavy (non-hydrogen) atoms. The Hall–Kier alpha value is -1.61. The maximum absolute atomic E-state index is 14.1. The summed E-state index contributed by atoms with van der Waals surface area (Å²) in [6.45, 7) is 2.33. The molecule has 0 aliphatic heterocycles. The van der Waals surface area contributed by atoms with Crippen LogP contribution in [0.4, 0.5) is 4.39 Å². The Labute approximate surface area is 100 Å². The molecule has 0 aliphatic rings. The lowest BCUT2D eigenvalue weighted by molar-refractivity contribution is 0.201. The first kappa shape index (κ1) is 11.9. The Bertz CT molecular complexity index is 490. The summed E-state index contributed by atoms with van der Waals surface area (Å²) in [6, 6.07) is 9.59. The lowest BCUT2D eigenvalue weighted by Gasteiger charge is -2.04. The van der Waals surface area contributed by atoms with Gasteiger partial charge in [-0.25, -0.2) is 4.39 Å². The van der Waals surface area contributed by atoms with Crippen molar-refractivity contribution in [2.75, 3.05) is 13.7 Å². The molecule has 2 rings (SSSR count). The highest BCUT2D eigenvalue weighted by Crippen LogP contribution is 2.29. The monoisotopic (exact) mass is 233 g/mol. The van der Waals surface area contributed by atoms with Gasteiger partial charge in [-0.1, -0.05) is 30.3 Å². The van der Waals surface area contributed by atoms with E-state index in [9.17, 15) is 4.39 Å². The third kappa shape index (κ3) is 2.39. The summed E-state index contributed by atoms with van der Waals surface area (Å²) >= 11 is 0. The maximum atomic E-state index is 14.1. The van der Waals surface area contributed by atoms with Crippen LogP contribution in [0.25, 0.3) is 11.1 Å². The van der Waals surface area contributed by atoms with Gasteiger partial charge in [-0.2, -0.15) is 0 Å². The quantitative estimate of drug-likeness (QED) is 0.861. The van der Waals surface area contributed by atoms with Gasteiger partial charge in [0.25, 0.3) is 0 Å². The van der Waals surface area contributed by atoms with Crippen molar-refractivity contribution in [2.24, 2.45) is 0 Å². The van der Waals surface area contributed by atoms with E-state index in [4.69, 9.17) is 4.74 Å². The lowest BCUT2D eigenvalue weighted by atomic mass is 10.0. The van der Waals surface area contributed by atoms with Crippen molar-refractivity contribution in [3.8, 4) is 11.1 Å². The highest BCUT2D eigenvalue weighted by molar-refractivity contribution is 5.68. The average Bonchev–Trinajstić information content (AvgIpc) is 2.64. The third-order valence-corrected chi connectivity index (χ3v) is 2.81. The number of aryl methyl sites for hydroxylation is 1. The highest BCUT2D eigenvalue weighted by atomic mass is 19.1. The number of hydrogen-bond acceptors (Lipinski definition) is 1. The maximum Gasteiger partial charge on any atom is 0.151 e. The van der Waals surface area contributed by atoms with Crippen LogP contribution in [0.2, 0.25) is 0 Å². The molecule has 0 radical (unpaired) electrons. The number of methoxy groups -OCH3 is 1. The first-order valence-electron chi connectivity index (χ1n) is 5.65. The van der Waals surface area contributed by atoms with Gasteiger partial charge in [-0.15, -0.1) is 0 Å². The normalized spacial score (nSPS) is 10.8. The number of H-pyrrole nitrogens is 1. The van der Waals surface area contributed by atoms with E-state index in [1.807, 2.05) is 30.3 Å². The van der Waals surface area contributed by atoms with E-state index >= 15 is 0 Å². The Morgan fingerprint density at radius 2 is 1.94 bits per heavy atom. The van der Waals surface area contributed by atoms with E-state index in [1.165, 1.54) is 0 Å². The molecule has 0 bridgehead atoms. The fourth-order valence-electron chi connectivity index (χ4n) is 1.96. The third-order valence-electron chi connectivity index (χ3n) is 2.81. The van der Waals surface area contributed by atoms with Crippen LogP contribution in [-0.4, -0.2) is 18.7 Å². The fraction of sp³-hybridized carbons (Fsp3) is 0.286. The van der Waals surface area contributed by atoms with Crippen LogP contribution in [0.5, 0.6) is 0 Å². The van der Waals surface area contributed by atoms with Gasteiger partial charge in [0.2, 0.25) is 0 Å². The van der Waals surface area contributed by atoms with Gasteiger partial charge in [-0.3, -0.25) is 0 Å². The summed E-state index contributed by atoms with van der Waals surface area (Å²) in [4.78, 5) is 3.09. The number of aromatic amines is 1. The number of hydrogen-bond donors (Lipinski definition) is 1. The largest absolute Gasteiger partial charge is 0.384 e. The molecular formula is C14H16FNO. The molecule has 0 unspecified atom stereocenters. The molecule has 0 saturated carbocycles. The molecule has 0 atom stereocenters. The average molecular weight is 233 g/mol. The van der Waals surface area contributed by atoms with Crippen LogP contribution < -0.4 is 0 Å². The second-order valence-electron chi connectivity index (χ2n) is 4.03. The van der Waals surface area contributed by atoms with Crippen molar-refractivity contribution >= 4 is 0 Å². The highest BCUT2D eigenvalue weighted by Gasteiger charge is 2.16. The molecule has 3 heteroatoms. The van der Waals surface area contributed by atoms with Gasteiger partial charge in [0, 0.05) is 30.5 Å². The minimum absolute atomic E-state index is 0.165. The van der Waals surface area contributed by atoms with Gasteiger partial charge in [0.05, 0.1) is 6.61 Å². The summed E-state index contributed by atoms with van der Waals surface area (Å²) in [5.41, 5.74) is 3.05. The molecule has 1 aromatic heterocycles. The molecule has 1 aromatic carbocycles. The second-order valence-corrected chi connectivity index (χ2v) is 4.03. The molecule has 0 fully saturated rings. The molecule has 2 aromatic rings. The van der Waals surface area contributed by atoms with Crippen LogP contribution in [-0.2, 0) is 11.2 Å². The lowest BCUT2D eigenvalue weighted by Crippen LogP contribution is -1.96. The zero-order chi connectivity index (χ0) is 12.3. The van der Waals surface area contributed by atoms with Gasteiger partial charge < -0.3 is 9.72 Å². The Kier molecular flexibility index (Phi) is 3.59. The zero-order valence-electron chi connectivity index (χ0n) is 10.1. The standard InChI is InChI=1S/C14H16FNO/c1-10-14(15)13(11-6-4-3-5-7-11)12(16-10)8-9-17-2/h3-7,16H,8-9H2,1-2H3. The zero-order valence-corrected chi connectivity index (χ0v) is 10.1. The van der Waals surface area contributed by atoms with E-state index < -0.39 is 0 Å². The SMILES string of the molecule is COCCc1[nH]c(C)c(F)c1-c1ccccc1. The van der Waals surface area contributed by atoms with Crippen LogP contribution in [0.15, 0.2) is 30.3 Å². The van der Waals surface area contributed by atoms with Crippen molar-refractivity contribution in [2.45, 2.75) is 13.3 Å². The van der Waals surface area contributed by atoms with Gasteiger partial charge in [-0.05, 0) is 12.5 Å². The van der Waals surface area contributed by atoms with E-state index in [-0.39, 0.29) is 5.82 Å². The van der Waals surface area contributed by atoms with Crippen LogP contribution in [0, 0.1) is 12.7 Å². The number of rotatable bonds is 4. The van der Waals surface area contributed by atoms with Crippen LogP contribution in [0.1, 0.15) is 11.4 Å². The summed E-state index contributed by atoms with van der Waals surface area (Å²) in [5.74, 6) is -0.165. The van der Waals surface area contributed by atoms with Crippen LogP contribution >= 0.6 is 0 Å². The van der Waals surface area contributed by atoms with E-state index in [1.54, 1.807) is 14.0 Å². The van der Waals surface area contributed by atoms with E-state index in [0.29, 0.717) is 24.3 Å². The number of benzene rings is 1. The predicted molar refractivity (Wildman–Crippen MR) is 66.5 cm³/mol. The summed E-state index contributed by atoms with van der Waals surface area (Å²) in [5, 5.41) is 0. The van der Waals surface area contributed by atoms with Gasteiger partial charge >= 0.3 is 0 Å². The first-order valence-corrected chi connectivity index (χ1v) is 5.65. The van der Waals surface area contributed by atoms with Crippen molar-refractivity contribution in [3.05, 3.63) is 47.5 Å². The van der Waals surface area contributed by atoms with Crippen molar-refractivity contribution in [1.29, 1.82) is 0 Å². The molecule has 1 N–H and O–H groups in total. The van der Waals surface area contributed by atoms with E-state index in [2.05, 4.69) is 4.98 Å². The Morgan fingerprint density at radius 1 is 1.24 bits per heavy atom. The number of nitrogens with one attached hydrogen (secondary N) is 1. The number of ether oxygens (including phenoxy) is 1. The predicted octanol–water partition coefficient (Wildman–Crippen LogP) is 3.32. The second kappa shape index (κ2) is 5.15.